The Morgan fingerprint density at radius 3 is 2.70 bits per heavy atom. The molecule has 1 aromatic heterocycles. The van der Waals surface area contributed by atoms with Gasteiger partial charge < -0.3 is 5.11 Å². The molecule has 0 saturated heterocycles. The average molecular weight is 361 g/mol. The van der Waals surface area contributed by atoms with E-state index in [1.165, 1.54) is 18.3 Å². The van der Waals surface area contributed by atoms with Crippen molar-refractivity contribution in [1.82, 2.24) is 4.98 Å². The van der Waals surface area contributed by atoms with E-state index < -0.39 is 27.3 Å². The number of benzene rings is 1. The third-order valence-electron chi connectivity index (χ3n) is 2.44. The smallest absolute Gasteiger partial charge is 0.266 e. The predicted octanol–water partition coefficient (Wildman–Crippen LogP) is 2.28. The van der Waals surface area contributed by atoms with Crippen molar-refractivity contribution in [3.63, 3.8) is 0 Å². The number of anilines is 1. The highest BCUT2D eigenvalue weighted by Gasteiger charge is 2.22. The lowest BCUT2D eigenvalue weighted by Gasteiger charge is -2.10. The highest BCUT2D eigenvalue weighted by molar-refractivity contribution is 9.10. The number of aliphatic hydroxyl groups excluding tert-OH is 1. The van der Waals surface area contributed by atoms with Crippen LogP contribution in [0, 0.1) is 5.82 Å². The first-order valence-electron chi connectivity index (χ1n) is 5.46. The Labute approximate surface area is 123 Å². The Morgan fingerprint density at radius 1 is 1.35 bits per heavy atom. The Morgan fingerprint density at radius 2 is 2.10 bits per heavy atom. The number of aliphatic hydroxyl groups is 1. The Balaban J connectivity index is 2.47. The summed E-state index contributed by atoms with van der Waals surface area (Å²) in [5.74, 6) is -0.906. The van der Waals surface area contributed by atoms with Gasteiger partial charge in [0.2, 0.25) is 0 Å². The molecule has 5 nitrogen and oxygen atoms in total. The first-order valence-corrected chi connectivity index (χ1v) is 7.74. The molecule has 1 aromatic carbocycles. The maximum Gasteiger partial charge on any atom is 0.266 e. The predicted molar refractivity (Wildman–Crippen MR) is 75.1 cm³/mol. The van der Waals surface area contributed by atoms with E-state index in [1.54, 1.807) is 12.1 Å². The molecule has 8 heteroatoms. The normalized spacial score (nSPS) is 11.3. The number of pyridine rings is 1. The van der Waals surface area contributed by atoms with Crippen molar-refractivity contribution < 1.29 is 17.9 Å². The zero-order valence-electron chi connectivity index (χ0n) is 10.0. The molecule has 0 atom stereocenters. The summed E-state index contributed by atoms with van der Waals surface area (Å²) in [5, 5.41) is 9.03. The minimum absolute atomic E-state index is 0.0809. The second-order valence-corrected chi connectivity index (χ2v) is 6.42. The van der Waals surface area contributed by atoms with Gasteiger partial charge in [0.05, 0.1) is 6.61 Å². The number of hydrogen-bond acceptors (Lipinski definition) is 4. The maximum atomic E-state index is 14.0. The van der Waals surface area contributed by atoms with Crippen LogP contribution in [0.4, 0.5) is 10.2 Å². The summed E-state index contributed by atoms with van der Waals surface area (Å²) in [6, 6.07) is 7.11. The van der Waals surface area contributed by atoms with Crippen molar-refractivity contribution in [1.29, 1.82) is 0 Å². The molecule has 2 N–H and O–H groups in total. The second-order valence-electron chi connectivity index (χ2n) is 3.86. The topological polar surface area (TPSA) is 79.3 Å². The van der Waals surface area contributed by atoms with Crippen LogP contribution in [0.25, 0.3) is 0 Å². The van der Waals surface area contributed by atoms with Gasteiger partial charge in [0.25, 0.3) is 10.0 Å². The van der Waals surface area contributed by atoms with Crippen molar-refractivity contribution in [2.75, 3.05) is 4.72 Å². The van der Waals surface area contributed by atoms with Crippen LogP contribution in [0.1, 0.15) is 5.56 Å². The summed E-state index contributed by atoms with van der Waals surface area (Å²) in [6.07, 6.45) is 1.41. The van der Waals surface area contributed by atoms with Gasteiger partial charge in [-0.1, -0.05) is 22.0 Å². The Bertz CT molecular complexity index is 723. The van der Waals surface area contributed by atoms with E-state index >= 15 is 0 Å². The average Bonchev–Trinajstić information content (AvgIpc) is 2.41. The lowest BCUT2D eigenvalue weighted by atomic mass is 10.2. The van der Waals surface area contributed by atoms with Gasteiger partial charge in [-0.25, -0.2) is 17.8 Å². The van der Waals surface area contributed by atoms with E-state index in [-0.39, 0.29) is 11.4 Å². The van der Waals surface area contributed by atoms with E-state index in [0.29, 0.717) is 4.47 Å². The van der Waals surface area contributed by atoms with Crippen LogP contribution >= 0.6 is 15.9 Å². The monoisotopic (exact) mass is 360 g/mol. The third kappa shape index (κ3) is 3.14. The van der Waals surface area contributed by atoms with Gasteiger partial charge >= 0.3 is 0 Å². The molecule has 0 aliphatic carbocycles. The fourth-order valence-electron chi connectivity index (χ4n) is 1.54. The van der Waals surface area contributed by atoms with E-state index in [1.807, 2.05) is 0 Å². The molecule has 2 aromatic rings. The molecule has 2 rings (SSSR count). The fourth-order valence-corrected chi connectivity index (χ4v) is 3.36. The largest absolute Gasteiger partial charge is 0.392 e. The van der Waals surface area contributed by atoms with Crippen molar-refractivity contribution in [2.45, 2.75) is 11.5 Å². The minimum Gasteiger partial charge on any atom is -0.392 e. The van der Waals surface area contributed by atoms with Crippen LogP contribution in [-0.2, 0) is 16.6 Å². The zero-order chi connectivity index (χ0) is 14.8. The molecule has 0 spiro atoms. The lowest BCUT2D eigenvalue weighted by molar-refractivity contribution is 0.274. The molecule has 0 amide bonds. The molecule has 0 aliphatic rings. The quantitative estimate of drug-likeness (QED) is 0.876. The molecule has 0 bridgehead atoms. The Hall–Kier alpha value is -1.51. The Kier molecular flexibility index (Phi) is 4.36. The van der Waals surface area contributed by atoms with Gasteiger partial charge in [-0.15, -0.1) is 0 Å². The van der Waals surface area contributed by atoms with Crippen LogP contribution in [-0.4, -0.2) is 18.5 Å². The highest BCUT2D eigenvalue weighted by Crippen LogP contribution is 2.25. The summed E-state index contributed by atoms with van der Waals surface area (Å²) in [7, 11) is -4.13. The van der Waals surface area contributed by atoms with Gasteiger partial charge in [-0.2, -0.15) is 0 Å². The van der Waals surface area contributed by atoms with Crippen LogP contribution in [0.5, 0.6) is 0 Å². The van der Waals surface area contributed by atoms with Crippen LogP contribution in [0.15, 0.2) is 45.9 Å². The molecule has 20 heavy (non-hydrogen) atoms. The molecule has 0 fully saturated rings. The number of halogens is 2. The number of rotatable bonds is 4. The highest BCUT2D eigenvalue weighted by atomic mass is 79.9. The first kappa shape index (κ1) is 14.9. The van der Waals surface area contributed by atoms with E-state index in [2.05, 4.69) is 25.6 Å². The number of nitrogens with one attached hydrogen (secondary N) is 1. The minimum atomic E-state index is -4.13. The van der Waals surface area contributed by atoms with Crippen LogP contribution in [0.3, 0.4) is 0 Å². The van der Waals surface area contributed by atoms with E-state index in [4.69, 9.17) is 5.11 Å². The number of sulfonamides is 1. The summed E-state index contributed by atoms with van der Waals surface area (Å²) in [6.45, 7) is -0.600. The van der Waals surface area contributed by atoms with Crippen LogP contribution in [0.2, 0.25) is 0 Å². The fraction of sp³-hybridized carbons (Fsp3) is 0.0833. The van der Waals surface area contributed by atoms with Gasteiger partial charge in [-0.3, -0.25) is 4.72 Å². The summed E-state index contributed by atoms with van der Waals surface area (Å²) in [4.78, 5) is 3.26. The van der Waals surface area contributed by atoms with Gasteiger partial charge in [0.1, 0.15) is 16.5 Å². The molecular formula is C12H10BrFN2O3S. The molecular weight excluding hydrogens is 351 g/mol. The van der Waals surface area contributed by atoms with Crippen molar-refractivity contribution in [3.05, 3.63) is 52.4 Å². The molecule has 106 valence electrons. The first-order chi connectivity index (χ1) is 9.44. The van der Waals surface area contributed by atoms with E-state index in [9.17, 15) is 12.8 Å². The number of nitrogens with zero attached hydrogens (tertiary/aromatic N) is 1. The van der Waals surface area contributed by atoms with Crippen molar-refractivity contribution in [2.24, 2.45) is 0 Å². The van der Waals surface area contributed by atoms with Gasteiger partial charge in [0, 0.05) is 16.2 Å². The van der Waals surface area contributed by atoms with Crippen molar-refractivity contribution in [3.8, 4) is 0 Å². The lowest BCUT2D eigenvalue weighted by Crippen LogP contribution is -2.16. The molecule has 0 aliphatic heterocycles. The zero-order valence-corrected chi connectivity index (χ0v) is 12.4. The number of hydrogen-bond donors (Lipinski definition) is 2. The molecule has 1 heterocycles. The molecule has 0 radical (unpaired) electrons. The SMILES string of the molecule is O=S(=O)(Nc1ccccn1)c1cc(Br)cc(CO)c1F. The standard InChI is InChI=1S/C12H10BrFN2O3S/c13-9-5-8(7-17)12(14)10(6-9)20(18,19)16-11-3-1-2-4-15-11/h1-6,17H,7H2,(H,15,16). The summed E-state index contributed by atoms with van der Waals surface area (Å²) in [5.41, 5.74) is -0.110. The van der Waals surface area contributed by atoms with Crippen molar-refractivity contribution >= 4 is 31.8 Å². The molecule has 0 saturated carbocycles. The summed E-state index contributed by atoms with van der Waals surface area (Å²) < 4.78 is 40.9. The number of aromatic nitrogens is 1. The van der Waals surface area contributed by atoms with E-state index in [0.717, 1.165) is 6.07 Å². The van der Waals surface area contributed by atoms with Crippen LogP contribution < -0.4 is 4.72 Å². The summed E-state index contributed by atoms with van der Waals surface area (Å²) >= 11 is 3.08. The molecule has 0 unspecified atom stereocenters. The second kappa shape index (κ2) is 5.86. The maximum absolute atomic E-state index is 14.0. The van der Waals surface area contributed by atoms with Gasteiger partial charge in [0.15, 0.2) is 0 Å². The van der Waals surface area contributed by atoms with Gasteiger partial charge in [-0.05, 0) is 24.3 Å². The third-order valence-corrected chi connectivity index (χ3v) is 4.25.